The number of imidazole rings is 1. The van der Waals surface area contributed by atoms with Crippen molar-refractivity contribution in [1.82, 2.24) is 24.5 Å². The molecule has 8 heteroatoms. The molecule has 3 rings (SSSR count). The number of aromatic nitrogens is 5. The Morgan fingerprint density at radius 3 is 2.76 bits per heavy atom. The van der Waals surface area contributed by atoms with Crippen LogP contribution in [0.5, 0.6) is 0 Å². The lowest BCUT2D eigenvalue weighted by molar-refractivity contribution is 0.0481. The Labute approximate surface area is 122 Å². The number of nitrogen functional groups attached to an aromatic ring is 1. The highest BCUT2D eigenvalue weighted by Gasteiger charge is 2.26. The van der Waals surface area contributed by atoms with Crippen molar-refractivity contribution in [3.8, 4) is 5.95 Å². The Morgan fingerprint density at radius 2 is 2.00 bits per heavy atom. The molecule has 1 aliphatic heterocycles. The second kappa shape index (κ2) is 5.28. The molecule has 1 aliphatic rings. The van der Waals surface area contributed by atoms with Gasteiger partial charge in [-0.3, -0.25) is 4.57 Å². The third kappa shape index (κ3) is 3.10. The maximum absolute atomic E-state index is 10.2. The molecule has 21 heavy (non-hydrogen) atoms. The summed E-state index contributed by atoms with van der Waals surface area (Å²) in [4.78, 5) is 18.8. The fourth-order valence-electron chi connectivity index (χ4n) is 2.47. The van der Waals surface area contributed by atoms with E-state index in [1.807, 2.05) is 11.8 Å². The van der Waals surface area contributed by atoms with Gasteiger partial charge in [0.1, 0.15) is 6.33 Å². The van der Waals surface area contributed by atoms with E-state index in [1.54, 1.807) is 23.3 Å². The first-order valence-electron chi connectivity index (χ1n) is 7.01. The molecule has 1 atom stereocenters. The van der Waals surface area contributed by atoms with Gasteiger partial charge in [0.05, 0.1) is 5.60 Å². The number of hydrogen-bond acceptors (Lipinski definition) is 7. The smallest absolute Gasteiger partial charge is 0.241 e. The van der Waals surface area contributed by atoms with Crippen LogP contribution in [0.15, 0.2) is 18.7 Å². The summed E-state index contributed by atoms with van der Waals surface area (Å²) in [5.41, 5.74) is 5.17. The highest BCUT2D eigenvalue weighted by Crippen LogP contribution is 2.24. The number of aliphatic hydroxyl groups is 1. The van der Waals surface area contributed by atoms with Crippen molar-refractivity contribution in [2.45, 2.75) is 31.8 Å². The number of rotatable bonds is 2. The first-order valence-corrected chi connectivity index (χ1v) is 7.01. The number of anilines is 2. The van der Waals surface area contributed by atoms with E-state index in [1.165, 1.54) is 0 Å². The van der Waals surface area contributed by atoms with E-state index in [0.29, 0.717) is 24.9 Å². The molecule has 0 aliphatic carbocycles. The first kappa shape index (κ1) is 13.7. The Morgan fingerprint density at radius 1 is 1.19 bits per heavy atom. The van der Waals surface area contributed by atoms with Crippen LogP contribution >= 0.6 is 0 Å². The van der Waals surface area contributed by atoms with Crippen molar-refractivity contribution < 1.29 is 5.11 Å². The van der Waals surface area contributed by atoms with Gasteiger partial charge in [-0.2, -0.15) is 15.0 Å². The molecule has 0 amide bonds. The third-order valence-electron chi connectivity index (χ3n) is 3.71. The van der Waals surface area contributed by atoms with Crippen molar-refractivity contribution in [2.24, 2.45) is 0 Å². The number of nitrogens with two attached hydrogens (primary N) is 1. The van der Waals surface area contributed by atoms with Crippen LogP contribution in [-0.4, -0.2) is 48.3 Å². The largest absolute Gasteiger partial charge is 0.390 e. The predicted molar refractivity (Wildman–Crippen MR) is 78.0 cm³/mol. The molecule has 0 aromatic carbocycles. The molecule has 2 aromatic rings. The van der Waals surface area contributed by atoms with Gasteiger partial charge in [-0.05, 0) is 26.2 Å². The van der Waals surface area contributed by atoms with E-state index in [9.17, 15) is 5.11 Å². The highest BCUT2D eigenvalue weighted by molar-refractivity contribution is 5.38. The van der Waals surface area contributed by atoms with Crippen molar-refractivity contribution >= 4 is 11.9 Å². The standard InChI is InChI=1S/C13H19N7O/c1-13(21)3-2-6-19(7-4-13)11-16-10(14)17-12(18-11)20-8-5-15-9-20/h5,8-9,21H,2-4,6-7H2,1H3,(H2,14,16,17,18). The van der Waals surface area contributed by atoms with Gasteiger partial charge < -0.3 is 15.7 Å². The SMILES string of the molecule is CC1(O)CCCN(c2nc(N)nc(-n3ccnc3)n2)CC1. The second-order valence-corrected chi connectivity index (χ2v) is 5.60. The van der Waals surface area contributed by atoms with Gasteiger partial charge in [-0.15, -0.1) is 0 Å². The van der Waals surface area contributed by atoms with Crippen LogP contribution < -0.4 is 10.6 Å². The van der Waals surface area contributed by atoms with Crippen LogP contribution in [0, 0.1) is 0 Å². The fourth-order valence-corrected chi connectivity index (χ4v) is 2.47. The summed E-state index contributed by atoms with van der Waals surface area (Å²) in [6, 6.07) is 0. The van der Waals surface area contributed by atoms with Crippen LogP contribution in [0.25, 0.3) is 5.95 Å². The van der Waals surface area contributed by atoms with E-state index in [-0.39, 0.29) is 5.95 Å². The molecule has 2 aromatic heterocycles. The zero-order chi connectivity index (χ0) is 14.9. The van der Waals surface area contributed by atoms with Crippen LogP contribution in [-0.2, 0) is 0 Å². The Hall–Kier alpha value is -2.22. The Kier molecular flexibility index (Phi) is 3.46. The lowest BCUT2D eigenvalue weighted by Crippen LogP contribution is -2.30. The lowest BCUT2D eigenvalue weighted by Gasteiger charge is -2.22. The molecule has 1 saturated heterocycles. The van der Waals surface area contributed by atoms with Crippen molar-refractivity contribution in [1.29, 1.82) is 0 Å². The van der Waals surface area contributed by atoms with Gasteiger partial charge in [0.2, 0.25) is 17.8 Å². The van der Waals surface area contributed by atoms with E-state index in [0.717, 1.165) is 19.4 Å². The molecule has 0 saturated carbocycles. The molecule has 3 heterocycles. The summed E-state index contributed by atoms with van der Waals surface area (Å²) in [5, 5.41) is 10.2. The van der Waals surface area contributed by atoms with Gasteiger partial charge in [0.15, 0.2) is 0 Å². The molecule has 8 nitrogen and oxygen atoms in total. The summed E-state index contributed by atoms with van der Waals surface area (Å²) in [7, 11) is 0. The topological polar surface area (TPSA) is 106 Å². The summed E-state index contributed by atoms with van der Waals surface area (Å²) < 4.78 is 1.69. The maximum Gasteiger partial charge on any atom is 0.241 e. The minimum Gasteiger partial charge on any atom is -0.390 e. The minimum atomic E-state index is -0.625. The number of hydrogen-bond donors (Lipinski definition) is 2. The third-order valence-corrected chi connectivity index (χ3v) is 3.71. The molecule has 3 N–H and O–H groups in total. The van der Waals surface area contributed by atoms with E-state index < -0.39 is 5.60 Å². The first-order chi connectivity index (χ1) is 10.0. The minimum absolute atomic E-state index is 0.180. The van der Waals surface area contributed by atoms with Crippen molar-refractivity contribution in [3.63, 3.8) is 0 Å². The zero-order valence-electron chi connectivity index (χ0n) is 12.0. The van der Waals surface area contributed by atoms with Crippen LogP contribution in [0.4, 0.5) is 11.9 Å². The summed E-state index contributed by atoms with van der Waals surface area (Å²) >= 11 is 0. The number of nitrogens with zero attached hydrogens (tertiary/aromatic N) is 6. The van der Waals surface area contributed by atoms with Crippen LogP contribution in [0.1, 0.15) is 26.2 Å². The van der Waals surface area contributed by atoms with Crippen molar-refractivity contribution in [3.05, 3.63) is 18.7 Å². The van der Waals surface area contributed by atoms with E-state index in [4.69, 9.17) is 5.73 Å². The molecule has 1 fully saturated rings. The molecular weight excluding hydrogens is 270 g/mol. The van der Waals surface area contributed by atoms with Gasteiger partial charge in [-0.1, -0.05) is 0 Å². The quantitative estimate of drug-likeness (QED) is 0.823. The molecule has 1 unspecified atom stereocenters. The molecular formula is C13H19N7O. The monoisotopic (exact) mass is 289 g/mol. The molecule has 0 spiro atoms. The average molecular weight is 289 g/mol. The Balaban J connectivity index is 1.88. The van der Waals surface area contributed by atoms with Gasteiger partial charge >= 0.3 is 0 Å². The Bertz CT molecular complexity index is 611. The summed E-state index contributed by atoms with van der Waals surface area (Å²) in [6.45, 7) is 3.36. The molecule has 0 bridgehead atoms. The summed E-state index contributed by atoms with van der Waals surface area (Å²) in [6.07, 6.45) is 7.37. The second-order valence-electron chi connectivity index (χ2n) is 5.60. The zero-order valence-corrected chi connectivity index (χ0v) is 12.0. The van der Waals surface area contributed by atoms with Gasteiger partial charge in [0, 0.05) is 25.5 Å². The van der Waals surface area contributed by atoms with Crippen molar-refractivity contribution in [2.75, 3.05) is 23.7 Å². The predicted octanol–water partition coefficient (Wildman–Crippen LogP) is 0.381. The van der Waals surface area contributed by atoms with Gasteiger partial charge in [0.25, 0.3) is 0 Å². The molecule has 112 valence electrons. The van der Waals surface area contributed by atoms with E-state index >= 15 is 0 Å². The molecule has 0 radical (unpaired) electrons. The average Bonchev–Trinajstić information content (AvgIpc) is 2.89. The van der Waals surface area contributed by atoms with Gasteiger partial charge in [-0.25, -0.2) is 4.98 Å². The highest BCUT2D eigenvalue weighted by atomic mass is 16.3. The fraction of sp³-hybridized carbons (Fsp3) is 0.538. The van der Waals surface area contributed by atoms with Crippen LogP contribution in [0.2, 0.25) is 0 Å². The summed E-state index contributed by atoms with van der Waals surface area (Å²) in [5.74, 6) is 1.18. The normalized spacial score (nSPS) is 23.0. The van der Waals surface area contributed by atoms with Crippen LogP contribution in [0.3, 0.4) is 0 Å². The van der Waals surface area contributed by atoms with E-state index in [2.05, 4.69) is 19.9 Å². The lowest BCUT2D eigenvalue weighted by atomic mass is 9.98. The maximum atomic E-state index is 10.2.